The van der Waals surface area contributed by atoms with Gasteiger partial charge in [0.05, 0.1) is 22.5 Å². The third kappa shape index (κ3) is 3.81. The van der Waals surface area contributed by atoms with Gasteiger partial charge in [-0.05, 0) is 36.4 Å². The van der Waals surface area contributed by atoms with Gasteiger partial charge in [0.15, 0.2) is 0 Å². The number of H-pyrrole nitrogens is 1. The number of aromatic nitrogens is 2. The number of nitrogens with zero attached hydrogens (tertiary/aromatic N) is 2. The van der Waals surface area contributed by atoms with Gasteiger partial charge < -0.3 is 4.98 Å². The average molecular weight is 379 g/mol. The first-order valence-electron chi connectivity index (χ1n) is 7.33. The predicted molar refractivity (Wildman–Crippen MR) is 96.0 cm³/mol. The Balaban J connectivity index is 1.70. The van der Waals surface area contributed by atoms with Gasteiger partial charge in [0.25, 0.3) is 0 Å². The Morgan fingerprint density at radius 1 is 1.20 bits per heavy atom. The van der Waals surface area contributed by atoms with E-state index in [4.69, 9.17) is 11.6 Å². The second-order valence-corrected chi connectivity index (χ2v) is 7.85. The number of para-hydroxylation sites is 2. The highest BCUT2D eigenvalue weighted by molar-refractivity contribution is 7.89. The van der Waals surface area contributed by atoms with Crippen molar-refractivity contribution in [2.75, 3.05) is 18.9 Å². The predicted octanol–water partition coefficient (Wildman–Crippen LogP) is 2.48. The molecule has 0 bridgehead atoms. The number of rotatable bonds is 5. The third-order valence-electron chi connectivity index (χ3n) is 3.54. The summed E-state index contributed by atoms with van der Waals surface area (Å²) in [7, 11) is -2.45. The van der Waals surface area contributed by atoms with E-state index in [1.165, 1.54) is 31.3 Å². The van der Waals surface area contributed by atoms with E-state index in [2.05, 4.69) is 15.3 Å². The van der Waals surface area contributed by atoms with Crippen LogP contribution in [0, 0.1) is 0 Å². The fraction of sp³-hybridized carbons (Fsp3) is 0.125. The number of hydrogen-bond acceptors (Lipinski definition) is 4. The maximum atomic E-state index is 12.5. The first-order valence-corrected chi connectivity index (χ1v) is 9.14. The summed E-state index contributed by atoms with van der Waals surface area (Å²) in [4.78, 5) is 19.4. The van der Waals surface area contributed by atoms with Crippen LogP contribution in [0.2, 0.25) is 5.02 Å². The lowest BCUT2D eigenvalue weighted by molar-refractivity contribution is -0.116. The van der Waals surface area contributed by atoms with Crippen LogP contribution >= 0.6 is 11.6 Å². The molecule has 0 fully saturated rings. The van der Waals surface area contributed by atoms with Crippen molar-refractivity contribution in [2.45, 2.75) is 4.90 Å². The summed E-state index contributed by atoms with van der Waals surface area (Å²) in [5, 5.41) is 3.00. The van der Waals surface area contributed by atoms with E-state index in [0.717, 1.165) is 9.82 Å². The summed E-state index contributed by atoms with van der Waals surface area (Å²) >= 11 is 5.77. The van der Waals surface area contributed by atoms with Crippen molar-refractivity contribution in [3.8, 4) is 0 Å². The second-order valence-electron chi connectivity index (χ2n) is 5.37. The lowest BCUT2D eigenvalue weighted by Crippen LogP contribution is -2.35. The molecule has 0 saturated carbocycles. The molecule has 0 radical (unpaired) electrons. The Kier molecular flexibility index (Phi) is 4.76. The first-order chi connectivity index (χ1) is 11.9. The van der Waals surface area contributed by atoms with Gasteiger partial charge in [-0.3, -0.25) is 10.1 Å². The highest BCUT2D eigenvalue weighted by Gasteiger charge is 2.23. The molecule has 0 aliphatic heterocycles. The smallest absolute Gasteiger partial charge is 0.243 e. The van der Waals surface area contributed by atoms with Crippen molar-refractivity contribution in [3.05, 3.63) is 53.6 Å². The quantitative estimate of drug-likeness (QED) is 0.713. The van der Waals surface area contributed by atoms with E-state index in [0.29, 0.717) is 10.5 Å². The molecule has 3 rings (SSSR count). The van der Waals surface area contributed by atoms with Crippen LogP contribution in [-0.4, -0.2) is 42.2 Å². The maximum absolute atomic E-state index is 12.5. The number of carbonyl (C=O) groups excluding carboxylic acids is 1. The Morgan fingerprint density at radius 2 is 1.88 bits per heavy atom. The highest BCUT2D eigenvalue weighted by atomic mass is 35.5. The molecule has 0 spiro atoms. The number of hydrogen-bond donors (Lipinski definition) is 2. The summed E-state index contributed by atoms with van der Waals surface area (Å²) in [6, 6.07) is 13.1. The van der Waals surface area contributed by atoms with E-state index in [1.807, 2.05) is 18.2 Å². The lowest BCUT2D eigenvalue weighted by atomic mass is 10.3. The zero-order valence-electron chi connectivity index (χ0n) is 13.2. The van der Waals surface area contributed by atoms with Crippen molar-refractivity contribution in [1.82, 2.24) is 14.3 Å². The first kappa shape index (κ1) is 17.4. The number of aromatic amines is 1. The highest BCUT2D eigenvalue weighted by Crippen LogP contribution is 2.18. The number of nitrogens with one attached hydrogen (secondary N) is 2. The van der Waals surface area contributed by atoms with Crippen LogP contribution in [0.1, 0.15) is 0 Å². The summed E-state index contributed by atoms with van der Waals surface area (Å²) in [6.45, 7) is -0.345. The molecule has 9 heteroatoms. The van der Waals surface area contributed by atoms with Gasteiger partial charge in [-0.1, -0.05) is 23.7 Å². The topological polar surface area (TPSA) is 95.2 Å². The monoisotopic (exact) mass is 378 g/mol. The number of anilines is 1. The largest absolute Gasteiger partial charge is 0.324 e. The molecule has 1 aromatic heterocycles. The van der Waals surface area contributed by atoms with E-state index in [-0.39, 0.29) is 17.4 Å². The zero-order valence-corrected chi connectivity index (χ0v) is 14.8. The Morgan fingerprint density at radius 3 is 2.56 bits per heavy atom. The number of sulfonamides is 1. The van der Waals surface area contributed by atoms with Crippen molar-refractivity contribution < 1.29 is 13.2 Å². The van der Waals surface area contributed by atoms with Crippen LogP contribution in [-0.2, 0) is 14.8 Å². The molecule has 2 N–H and O–H groups in total. The zero-order chi connectivity index (χ0) is 18.0. The molecule has 25 heavy (non-hydrogen) atoms. The van der Waals surface area contributed by atoms with Gasteiger partial charge in [0, 0.05) is 12.1 Å². The van der Waals surface area contributed by atoms with E-state index >= 15 is 0 Å². The van der Waals surface area contributed by atoms with Gasteiger partial charge >= 0.3 is 0 Å². The standard InChI is InChI=1S/C16H15ClN4O3S/c1-21(25(23,24)12-8-6-11(17)7-9-12)10-15(22)20-16-18-13-4-2-3-5-14(13)19-16/h2-9H,10H2,1H3,(H2,18,19,20,22). The summed E-state index contributed by atoms with van der Waals surface area (Å²) in [5.74, 6) is -0.234. The second kappa shape index (κ2) is 6.83. The molecule has 0 unspecified atom stereocenters. The number of likely N-dealkylation sites (N-methyl/N-ethyl adjacent to an activating group) is 1. The lowest BCUT2D eigenvalue weighted by Gasteiger charge is -2.16. The molecule has 2 aromatic carbocycles. The van der Waals surface area contributed by atoms with Gasteiger partial charge in [-0.15, -0.1) is 0 Å². The SMILES string of the molecule is CN(CC(=O)Nc1nc2ccccc2[nH]1)S(=O)(=O)c1ccc(Cl)cc1. The van der Waals surface area contributed by atoms with E-state index in [9.17, 15) is 13.2 Å². The van der Waals surface area contributed by atoms with Crippen molar-refractivity contribution in [2.24, 2.45) is 0 Å². The Hall–Kier alpha value is -2.42. The molecule has 7 nitrogen and oxygen atoms in total. The molecule has 130 valence electrons. The van der Waals surface area contributed by atoms with Gasteiger partial charge in [0.2, 0.25) is 21.9 Å². The third-order valence-corrected chi connectivity index (χ3v) is 5.60. The summed E-state index contributed by atoms with van der Waals surface area (Å²) in [5.41, 5.74) is 1.49. The fourth-order valence-corrected chi connectivity index (χ4v) is 3.51. The number of benzene rings is 2. The molecule has 1 heterocycles. The number of halogens is 1. The minimum atomic E-state index is -3.78. The molecule has 0 saturated heterocycles. The van der Waals surface area contributed by atoms with Crippen molar-refractivity contribution in [1.29, 1.82) is 0 Å². The van der Waals surface area contributed by atoms with Crippen LogP contribution in [0.15, 0.2) is 53.4 Å². The van der Waals surface area contributed by atoms with Crippen LogP contribution in [0.5, 0.6) is 0 Å². The summed E-state index contributed by atoms with van der Waals surface area (Å²) < 4.78 is 25.9. The summed E-state index contributed by atoms with van der Waals surface area (Å²) in [6.07, 6.45) is 0. The van der Waals surface area contributed by atoms with Crippen LogP contribution in [0.3, 0.4) is 0 Å². The molecule has 0 atom stereocenters. The van der Waals surface area contributed by atoms with Crippen LogP contribution in [0.25, 0.3) is 11.0 Å². The van der Waals surface area contributed by atoms with E-state index in [1.54, 1.807) is 6.07 Å². The Bertz CT molecular complexity index is 982. The molecule has 0 aliphatic carbocycles. The molecular weight excluding hydrogens is 364 g/mol. The normalized spacial score (nSPS) is 11.8. The van der Waals surface area contributed by atoms with Crippen molar-refractivity contribution >= 4 is 44.5 Å². The van der Waals surface area contributed by atoms with Gasteiger partial charge in [-0.25, -0.2) is 13.4 Å². The minimum Gasteiger partial charge on any atom is -0.324 e. The maximum Gasteiger partial charge on any atom is 0.243 e. The number of amides is 1. The van der Waals surface area contributed by atoms with Crippen LogP contribution in [0.4, 0.5) is 5.95 Å². The van der Waals surface area contributed by atoms with Gasteiger partial charge in [-0.2, -0.15) is 4.31 Å². The number of fused-ring (bicyclic) bond motifs is 1. The van der Waals surface area contributed by atoms with Crippen molar-refractivity contribution in [3.63, 3.8) is 0 Å². The van der Waals surface area contributed by atoms with E-state index < -0.39 is 15.9 Å². The minimum absolute atomic E-state index is 0.0657. The van der Waals surface area contributed by atoms with Crippen LogP contribution < -0.4 is 5.32 Å². The average Bonchev–Trinajstić information content (AvgIpc) is 2.97. The molecule has 1 amide bonds. The molecule has 3 aromatic rings. The van der Waals surface area contributed by atoms with Gasteiger partial charge in [0.1, 0.15) is 0 Å². The number of imidazole rings is 1. The molecular formula is C16H15ClN4O3S. The molecule has 0 aliphatic rings. The Labute approximate surface area is 149 Å². The number of carbonyl (C=O) groups is 1. The fourth-order valence-electron chi connectivity index (χ4n) is 2.26.